The van der Waals surface area contributed by atoms with Crippen molar-refractivity contribution >= 4 is 0 Å². The standard InChI is InChI=1S/C17H32O5/c1-2-3-4-5-6-7-8-9-10-11-21-17-15(20)13-22-16(17)14(19)12-18/h7-8,14-20H,2-6,9-13H2,1H3/b8-7+/t14-,15+,16-,17-/m0/s1. The molecule has 0 bridgehead atoms. The smallest absolute Gasteiger partial charge is 0.114 e. The molecule has 0 aliphatic carbocycles. The summed E-state index contributed by atoms with van der Waals surface area (Å²) in [5.74, 6) is 0. The Labute approximate surface area is 133 Å². The van der Waals surface area contributed by atoms with E-state index in [1.165, 1.54) is 25.7 Å². The van der Waals surface area contributed by atoms with Gasteiger partial charge < -0.3 is 24.8 Å². The summed E-state index contributed by atoms with van der Waals surface area (Å²) in [4.78, 5) is 0. The fraction of sp³-hybridized carbons (Fsp3) is 0.882. The van der Waals surface area contributed by atoms with E-state index in [-0.39, 0.29) is 6.61 Å². The van der Waals surface area contributed by atoms with E-state index in [4.69, 9.17) is 14.6 Å². The number of rotatable bonds is 12. The highest BCUT2D eigenvalue weighted by Gasteiger charge is 2.40. The van der Waals surface area contributed by atoms with Crippen molar-refractivity contribution < 1.29 is 24.8 Å². The Morgan fingerprint density at radius 2 is 1.91 bits per heavy atom. The van der Waals surface area contributed by atoms with Crippen LogP contribution in [0.1, 0.15) is 51.9 Å². The summed E-state index contributed by atoms with van der Waals surface area (Å²) >= 11 is 0. The molecule has 22 heavy (non-hydrogen) atoms. The molecule has 0 amide bonds. The van der Waals surface area contributed by atoms with Crippen molar-refractivity contribution in [2.45, 2.75) is 76.3 Å². The Morgan fingerprint density at radius 1 is 1.18 bits per heavy atom. The van der Waals surface area contributed by atoms with Gasteiger partial charge in [-0.3, -0.25) is 0 Å². The van der Waals surface area contributed by atoms with Crippen molar-refractivity contribution in [3.05, 3.63) is 12.2 Å². The molecule has 1 aliphatic heterocycles. The zero-order valence-corrected chi connectivity index (χ0v) is 13.7. The number of hydrogen-bond donors (Lipinski definition) is 3. The number of allylic oxidation sites excluding steroid dienone is 2. The Hall–Kier alpha value is -0.460. The Kier molecular flexibility index (Phi) is 10.7. The van der Waals surface area contributed by atoms with Crippen molar-refractivity contribution in [2.24, 2.45) is 0 Å². The van der Waals surface area contributed by atoms with Gasteiger partial charge in [-0.2, -0.15) is 0 Å². The van der Waals surface area contributed by atoms with Crippen molar-refractivity contribution in [1.29, 1.82) is 0 Å². The van der Waals surface area contributed by atoms with E-state index in [1.54, 1.807) is 0 Å². The van der Waals surface area contributed by atoms with Crippen molar-refractivity contribution in [3.63, 3.8) is 0 Å². The van der Waals surface area contributed by atoms with Crippen LogP contribution < -0.4 is 0 Å². The fourth-order valence-corrected chi connectivity index (χ4v) is 2.60. The van der Waals surface area contributed by atoms with Crippen molar-refractivity contribution in [1.82, 2.24) is 0 Å². The summed E-state index contributed by atoms with van der Waals surface area (Å²) in [6.07, 6.45) is 9.56. The van der Waals surface area contributed by atoms with E-state index in [0.29, 0.717) is 6.61 Å². The molecule has 0 aromatic heterocycles. The molecule has 0 aromatic rings. The van der Waals surface area contributed by atoms with E-state index in [9.17, 15) is 10.2 Å². The van der Waals surface area contributed by atoms with Gasteiger partial charge in [0.25, 0.3) is 0 Å². The maximum atomic E-state index is 9.79. The second kappa shape index (κ2) is 12.0. The lowest BCUT2D eigenvalue weighted by Gasteiger charge is -2.23. The van der Waals surface area contributed by atoms with Crippen molar-refractivity contribution in [2.75, 3.05) is 19.8 Å². The highest BCUT2D eigenvalue weighted by atomic mass is 16.6. The van der Waals surface area contributed by atoms with Gasteiger partial charge in [0, 0.05) is 6.61 Å². The van der Waals surface area contributed by atoms with Gasteiger partial charge in [0.05, 0.1) is 13.2 Å². The van der Waals surface area contributed by atoms with Gasteiger partial charge >= 0.3 is 0 Å². The monoisotopic (exact) mass is 316 g/mol. The van der Waals surface area contributed by atoms with Crippen LogP contribution in [0.25, 0.3) is 0 Å². The molecule has 0 spiro atoms. The van der Waals surface area contributed by atoms with Crippen LogP contribution in [-0.2, 0) is 9.47 Å². The minimum Gasteiger partial charge on any atom is -0.394 e. The molecule has 0 saturated carbocycles. The number of ether oxygens (including phenoxy) is 2. The Balaban J connectivity index is 2.09. The lowest BCUT2D eigenvalue weighted by atomic mass is 10.1. The minimum atomic E-state index is -1.01. The highest BCUT2D eigenvalue weighted by Crippen LogP contribution is 2.21. The van der Waals surface area contributed by atoms with Crippen LogP contribution in [0.5, 0.6) is 0 Å². The van der Waals surface area contributed by atoms with Gasteiger partial charge in [0.15, 0.2) is 0 Å². The molecule has 3 N–H and O–H groups in total. The average molecular weight is 316 g/mol. The molecule has 5 heteroatoms. The van der Waals surface area contributed by atoms with E-state index in [0.717, 1.165) is 19.3 Å². The maximum Gasteiger partial charge on any atom is 0.114 e. The quantitative estimate of drug-likeness (QED) is 0.378. The third kappa shape index (κ3) is 7.20. The van der Waals surface area contributed by atoms with Crippen LogP contribution in [0.4, 0.5) is 0 Å². The van der Waals surface area contributed by atoms with E-state index >= 15 is 0 Å². The van der Waals surface area contributed by atoms with Crippen LogP contribution in [0.2, 0.25) is 0 Å². The van der Waals surface area contributed by atoms with Crippen LogP contribution >= 0.6 is 0 Å². The predicted molar refractivity (Wildman–Crippen MR) is 85.7 cm³/mol. The normalized spacial score (nSPS) is 26.8. The first-order valence-corrected chi connectivity index (χ1v) is 8.55. The lowest BCUT2D eigenvalue weighted by molar-refractivity contribution is -0.0935. The zero-order chi connectivity index (χ0) is 16.2. The third-order valence-corrected chi connectivity index (χ3v) is 3.95. The van der Waals surface area contributed by atoms with Crippen LogP contribution in [0, 0.1) is 0 Å². The van der Waals surface area contributed by atoms with Crippen LogP contribution in [0.15, 0.2) is 12.2 Å². The molecule has 1 rings (SSSR count). The molecule has 0 radical (unpaired) electrons. The summed E-state index contributed by atoms with van der Waals surface area (Å²) in [7, 11) is 0. The van der Waals surface area contributed by atoms with Gasteiger partial charge in [-0.05, 0) is 25.7 Å². The molecule has 0 aromatic carbocycles. The third-order valence-electron chi connectivity index (χ3n) is 3.95. The average Bonchev–Trinajstić information content (AvgIpc) is 2.89. The van der Waals surface area contributed by atoms with Crippen molar-refractivity contribution in [3.8, 4) is 0 Å². The SMILES string of the molecule is CCCCCC/C=C/CCCO[C@@H]1[C@H]([C@@H](O)CO)OC[C@H]1O. The summed E-state index contributed by atoms with van der Waals surface area (Å²) in [6.45, 7) is 2.48. The van der Waals surface area contributed by atoms with E-state index < -0.39 is 31.0 Å². The van der Waals surface area contributed by atoms with Gasteiger partial charge in [0.2, 0.25) is 0 Å². The Morgan fingerprint density at radius 3 is 2.59 bits per heavy atom. The first-order valence-electron chi connectivity index (χ1n) is 8.55. The summed E-state index contributed by atoms with van der Waals surface area (Å²) in [5.41, 5.74) is 0. The molecule has 1 aliphatic rings. The second-order valence-corrected chi connectivity index (χ2v) is 5.91. The fourth-order valence-electron chi connectivity index (χ4n) is 2.60. The zero-order valence-electron chi connectivity index (χ0n) is 13.7. The summed E-state index contributed by atoms with van der Waals surface area (Å²) < 4.78 is 10.9. The summed E-state index contributed by atoms with van der Waals surface area (Å²) in [6, 6.07) is 0. The summed E-state index contributed by atoms with van der Waals surface area (Å²) in [5, 5.41) is 28.4. The van der Waals surface area contributed by atoms with Gasteiger partial charge in [0.1, 0.15) is 24.4 Å². The number of aliphatic hydroxyl groups excluding tert-OH is 3. The molecule has 1 fully saturated rings. The molecule has 130 valence electrons. The van der Waals surface area contributed by atoms with Gasteiger partial charge in [-0.15, -0.1) is 0 Å². The predicted octanol–water partition coefficient (Wildman–Crippen LogP) is 1.79. The first kappa shape index (κ1) is 19.6. The second-order valence-electron chi connectivity index (χ2n) is 5.91. The minimum absolute atomic E-state index is 0.143. The number of aliphatic hydroxyl groups is 3. The molecule has 4 atom stereocenters. The molecule has 0 unspecified atom stereocenters. The van der Waals surface area contributed by atoms with Crippen LogP contribution in [0.3, 0.4) is 0 Å². The molecule has 1 heterocycles. The molecule has 1 saturated heterocycles. The highest BCUT2D eigenvalue weighted by molar-refractivity contribution is 4.89. The molecular formula is C17H32O5. The largest absolute Gasteiger partial charge is 0.394 e. The maximum absolute atomic E-state index is 9.79. The van der Waals surface area contributed by atoms with E-state index in [2.05, 4.69) is 19.1 Å². The lowest BCUT2D eigenvalue weighted by Crippen LogP contribution is -2.42. The topological polar surface area (TPSA) is 79.2 Å². The number of unbranched alkanes of at least 4 members (excludes halogenated alkanes) is 5. The van der Waals surface area contributed by atoms with Gasteiger partial charge in [-0.1, -0.05) is 38.3 Å². The van der Waals surface area contributed by atoms with Crippen LogP contribution in [-0.4, -0.2) is 59.6 Å². The molecule has 5 nitrogen and oxygen atoms in total. The first-order chi connectivity index (χ1) is 10.7. The molecular weight excluding hydrogens is 284 g/mol. The van der Waals surface area contributed by atoms with E-state index in [1.807, 2.05) is 0 Å². The number of hydrogen-bond acceptors (Lipinski definition) is 5. The Bertz CT molecular complexity index is 295. The van der Waals surface area contributed by atoms with Gasteiger partial charge in [-0.25, -0.2) is 0 Å².